The van der Waals surface area contributed by atoms with Crippen LogP contribution in [0, 0.1) is 5.82 Å². The number of ether oxygens (including phenoxy) is 2. The fourth-order valence-corrected chi connectivity index (χ4v) is 3.91. The Labute approximate surface area is 180 Å². The highest BCUT2D eigenvalue weighted by Gasteiger charge is 2.19. The summed E-state index contributed by atoms with van der Waals surface area (Å²) in [7, 11) is 0. The van der Waals surface area contributed by atoms with Gasteiger partial charge in [-0.3, -0.25) is 9.69 Å². The summed E-state index contributed by atoms with van der Waals surface area (Å²) in [6, 6.07) is 9.95. The molecule has 1 fully saturated rings. The molecule has 30 heavy (non-hydrogen) atoms. The van der Waals surface area contributed by atoms with Crippen molar-refractivity contribution in [2.75, 3.05) is 56.2 Å². The molecule has 8 heteroatoms. The fourth-order valence-electron chi connectivity index (χ4n) is 3.71. The lowest BCUT2D eigenvalue weighted by molar-refractivity contribution is -0.117. The molecule has 2 aliphatic rings. The molecule has 2 aromatic rings. The Morgan fingerprint density at radius 2 is 1.73 bits per heavy atom. The van der Waals surface area contributed by atoms with Crippen molar-refractivity contribution in [2.24, 2.45) is 0 Å². The van der Waals surface area contributed by atoms with Gasteiger partial charge in [-0.2, -0.15) is 0 Å². The topological polar surface area (TPSA) is 54.0 Å². The molecule has 1 saturated heterocycles. The van der Waals surface area contributed by atoms with Crippen LogP contribution in [0.4, 0.5) is 15.8 Å². The Balaban J connectivity index is 1.34. The Morgan fingerprint density at radius 3 is 2.50 bits per heavy atom. The van der Waals surface area contributed by atoms with E-state index in [2.05, 4.69) is 15.1 Å². The van der Waals surface area contributed by atoms with Gasteiger partial charge in [0.1, 0.15) is 5.82 Å². The summed E-state index contributed by atoms with van der Waals surface area (Å²) in [6.45, 7) is 4.66. The molecule has 2 aliphatic heterocycles. The van der Waals surface area contributed by atoms with Gasteiger partial charge >= 0.3 is 0 Å². The fraction of sp³-hybridized carbons (Fsp3) is 0.409. The van der Waals surface area contributed by atoms with Crippen molar-refractivity contribution in [1.29, 1.82) is 0 Å². The summed E-state index contributed by atoms with van der Waals surface area (Å²) in [5.74, 6) is 0.836. The Bertz CT molecular complexity index is 894. The van der Waals surface area contributed by atoms with Crippen LogP contribution in [0.1, 0.15) is 12.8 Å². The number of nitrogens with zero attached hydrogens (tertiary/aromatic N) is 2. The van der Waals surface area contributed by atoms with Gasteiger partial charge in [0.15, 0.2) is 11.5 Å². The number of carbonyl (C=O) groups is 1. The normalized spacial score (nSPS) is 17.2. The Morgan fingerprint density at radius 1 is 1.00 bits per heavy atom. The minimum Gasteiger partial charge on any atom is -0.490 e. The van der Waals surface area contributed by atoms with Crippen LogP contribution >= 0.6 is 11.6 Å². The highest BCUT2D eigenvalue weighted by atomic mass is 35.5. The van der Waals surface area contributed by atoms with Gasteiger partial charge < -0.3 is 19.7 Å². The van der Waals surface area contributed by atoms with E-state index in [1.54, 1.807) is 24.3 Å². The first kappa shape index (κ1) is 20.8. The largest absolute Gasteiger partial charge is 0.490 e. The molecule has 0 bridgehead atoms. The molecule has 0 radical (unpaired) electrons. The van der Waals surface area contributed by atoms with Gasteiger partial charge in [-0.1, -0.05) is 11.6 Å². The Kier molecular flexibility index (Phi) is 6.59. The average Bonchev–Trinajstić information content (AvgIpc) is 3.09. The average molecular weight is 434 g/mol. The summed E-state index contributed by atoms with van der Waals surface area (Å²) >= 11 is 6.33. The lowest BCUT2D eigenvalue weighted by Crippen LogP contribution is -2.36. The quantitative estimate of drug-likeness (QED) is 0.795. The van der Waals surface area contributed by atoms with Crippen LogP contribution in [0.3, 0.4) is 0 Å². The number of fused-ring (bicyclic) bond motifs is 1. The smallest absolute Gasteiger partial charge is 0.238 e. The summed E-state index contributed by atoms with van der Waals surface area (Å²) in [6.07, 6.45) is 1.73. The molecule has 0 aliphatic carbocycles. The summed E-state index contributed by atoms with van der Waals surface area (Å²) in [4.78, 5) is 17.0. The minimum absolute atomic E-state index is 0.123. The molecule has 1 amide bonds. The number of hydrogen-bond acceptors (Lipinski definition) is 5. The van der Waals surface area contributed by atoms with Crippen molar-refractivity contribution in [3.63, 3.8) is 0 Å². The molecule has 2 aromatic carbocycles. The van der Waals surface area contributed by atoms with Crippen LogP contribution in [-0.2, 0) is 4.79 Å². The molecule has 2 heterocycles. The first-order valence-electron chi connectivity index (χ1n) is 10.2. The second-order valence-corrected chi connectivity index (χ2v) is 7.88. The van der Waals surface area contributed by atoms with E-state index in [0.717, 1.165) is 44.7 Å². The van der Waals surface area contributed by atoms with Gasteiger partial charge in [-0.05, 0) is 30.7 Å². The minimum atomic E-state index is -0.236. The number of halogens is 2. The summed E-state index contributed by atoms with van der Waals surface area (Å²) in [5, 5.41) is 3.32. The van der Waals surface area contributed by atoms with Crippen LogP contribution in [0.2, 0.25) is 5.02 Å². The molecule has 1 N–H and O–H groups in total. The van der Waals surface area contributed by atoms with E-state index >= 15 is 0 Å². The number of rotatable bonds is 4. The monoisotopic (exact) mass is 433 g/mol. The van der Waals surface area contributed by atoms with E-state index in [4.69, 9.17) is 21.1 Å². The number of carbonyl (C=O) groups excluding carboxylic acids is 1. The van der Waals surface area contributed by atoms with Crippen molar-refractivity contribution in [2.45, 2.75) is 12.8 Å². The Hall–Kier alpha value is -2.51. The third-order valence-electron chi connectivity index (χ3n) is 5.26. The first-order chi connectivity index (χ1) is 14.6. The van der Waals surface area contributed by atoms with E-state index < -0.39 is 0 Å². The van der Waals surface area contributed by atoms with Gasteiger partial charge in [-0.25, -0.2) is 4.39 Å². The van der Waals surface area contributed by atoms with Gasteiger partial charge in [0, 0.05) is 50.4 Å². The van der Waals surface area contributed by atoms with Gasteiger partial charge in [0.05, 0.1) is 30.5 Å². The van der Waals surface area contributed by atoms with E-state index in [9.17, 15) is 9.18 Å². The highest BCUT2D eigenvalue weighted by Crippen LogP contribution is 2.37. The summed E-state index contributed by atoms with van der Waals surface area (Å²) < 4.78 is 24.5. The molecule has 0 aromatic heterocycles. The zero-order chi connectivity index (χ0) is 20.9. The molecule has 0 unspecified atom stereocenters. The van der Waals surface area contributed by atoms with Crippen LogP contribution in [-0.4, -0.2) is 56.7 Å². The van der Waals surface area contributed by atoms with Gasteiger partial charge in [0.2, 0.25) is 5.91 Å². The predicted octanol–water partition coefficient (Wildman–Crippen LogP) is 3.79. The summed E-state index contributed by atoms with van der Waals surface area (Å²) in [5.41, 5.74) is 1.52. The zero-order valence-corrected chi connectivity index (χ0v) is 17.5. The maximum Gasteiger partial charge on any atom is 0.238 e. The molecule has 6 nitrogen and oxygen atoms in total. The predicted molar refractivity (Wildman–Crippen MR) is 115 cm³/mol. The van der Waals surface area contributed by atoms with Crippen LogP contribution in [0.5, 0.6) is 11.5 Å². The molecule has 0 atom stereocenters. The number of hydrogen-bond donors (Lipinski definition) is 1. The van der Waals surface area contributed by atoms with E-state index in [0.29, 0.717) is 35.4 Å². The standard InChI is InChI=1S/C22H25ClFN3O3/c23-18-13-20-21(30-12-2-11-29-20)14-19(18)25-22(28)15-26-7-1-8-27(10-9-26)17-5-3-16(24)4-6-17/h3-6,13-14H,1-2,7-12,15H2,(H,25,28). The second-order valence-electron chi connectivity index (χ2n) is 7.47. The van der Waals surface area contributed by atoms with E-state index in [1.807, 2.05) is 0 Å². The number of anilines is 2. The van der Waals surface area contributed by atoms with Crippen molar-refractivity contribution >= 4 is 28.9 Å². The van der Waals surface area contributed by atoms with Gasteiger partial charge in [-0.15, -0.1) is 0 Å². The highest BCUT2D eigenvalue weighted by molar-refractivity contribution is 6.34. The van der Waals surface area contributed by atoms with Crippen molar-refractivity contribution < 1.29 is 18.7 Å². The van der Waals surface area contributed by atoms with Crippen molar-refractivity contribution in [3.05, 3.63) is 47.2 Å². The maximum atomic E-state index is 13.2. The maximum absolute atomic E-state index is 13.2. The number of nitrogens with one attached hydrogen (secondary N) is 1. The number of benzene rings is 2. The van der Waals surface area contributed by atoms with Crippen molar-refractivity contribution in [1.82, 2.24) is 4.90 Å². The molecule has 0 spiro atoms. The van der Waals surface area contributed by atoms with Crippen LogP contribution in [0.15, 0.2) is 36.4 Å². The first-order valence-corrected chi connectivity index (χ1v) is 10.6. The van der Waals surface area contributed by atoms with Gasteiger partial charge in [0.25, 0.3) is 0 Å². The lowest BCUT2D eigenvalue weighted by Gasteiger charge is -2.23. The lowest BCUT2D eigenvalue weighted by atomic mass is 10.2. The van der Waals surface area contributed by atoms with Crippen molar-refractivity contribution in [3.8, 4) is 11.5 Å². The van der Waals surface area contributed by atoms with Crippen LogP contribution < -0.4 is 19.7 Å². The SMILES string of the molecule is O=C(CN1CCCN(c2ccc(F)cc2)CC1)Nc1cc2c(cc1Cl)OCCCO2. The molecular weight excluding hydrogens is 409 g/mol. The third-order valence-corrected chi connectivity index (χ3v) is 5.57. The molecular formula is C22H25ClFN3O3. The van der Waals surface area contributed by atoms with Crippen LogP contribution in [0.25, 0.3) is 0 Å². The van der Waals surface area contributed by atoms with E-state index in [1.165, 1.54) is 12.1 Å². The molecule has 0 saturated carbocycles. The van der Waals surface area contributed by atoms with E-state index in [-0.39, 0.29) is 18.3 Å². The number of amides is 1. The molecule has 160 valence electrons. The second kappa shape index (κ2) is 9.53. The zero-order valence-electron chi connectivity index (χ0n) is 16.7. The molecule has 4 rings (SSSR count). The third kappa shape index (κ3) is 5.15.